The number of carbonyl (C=O) groups excluding carboxylic acids is 1. The monoisotopic (exact) mass is 535 g/mol. The van der Waals surface area contributed by atoms with Gasteiger partial charge in [0.1, 0.15) is 13.7 Å². The van der Waals surface area contributed by atoms with Crippen molar-refractivity contribution < 1.29 is 23.1 Å². The normalized spacial score (nSPS) is 23.1. The van der Waals surface area contributed by atoms with Crippen molar-refractivity contribution in [1.29, 1.82) is 0 Å². The van der Waals surface area contributed by atoms with Gasteiger partial charge >= 0.3 is 12.1 Å². The topological polar surface area (TPSA) is 100 Å². The third-order valence-electron chi connectivity index (χ3n) is 6.89. The highest BCUT2D eigenvalue weighted by molar-refractivity contribution is 6.83. The molecule has 1 amide bonds. The zero-order valence-electron chi connectivity index (χ0n) is 21.4. The Balaban J connectivity index is 1.67. The molecular weight excluding hydrogens is 503 g/mol. The van der Waals surface area contributed by atoms with E-state index >= 15 is 0 Å². The van der Waals surface area contributed by atoms with Crippen LogP contribution in [0.1, 0.15) is 50.6 Å². The second kappa shape index (κ2) is 9.76. The molecule has 0 aromatic carbocycles. The van der Waals surface area contributed by atoms with Crippen molar-refractivity contribution in [1.82, 2.24) is 19.4 Å². The maximum absolute atomic E-state index is 13.6. The van der Waals surface area contributed by atoms with Gasteiger partial charge in [-0.3, -0.25) is 14.2 Å². The van der Waals surface area contributed by atoms with E-state index in [1.807, 2.05) is 0 Å². The molecule has 200 valence electrons. The van der Waals surface area contributed by atoms with Crippen molar-refractivity contribution in [2.24, 2.45) is 0 Å². The van der Waals surface area contributed by atoms with Gasteiger partial charge in [0.25, 0.3) is 5.56 Å². The minimum atomic E-state index is -4.88. The van der Waals surface area contributed by atoms with Crippen LogP contribution in [0, 0.1) is 11.5 Å². The first-order chi connectivity index (χ1) is 17.2. The summed E-state index contributed by atoms with van der Waals surface area (Å²) in [5.41, 5.74) is 2.54. The van der Waals surface area contributed by atoms with Gasteiger partial charge in [0.05, 0.1) is 17.2 Å². The van der Waals surface area contributed by atoms with Crippen LogP contribution in [0.5, 0.6) is 0 Å². The van der Waals surface area contributed by atoms with Gasteiger partial charge in [-0.1, -0.05) is 25.6 Å². The van der Waals surface area contributed by atoms with E-state index in [2.05, 4.69) is 46.4 Å². The van der Waals surface area contributed by atoms with Gasteiger partial charge in [-0.15, -0.1) is 5.54 Å². The summed E-state index contributed by atoms with van der Waals surface area (Å²) in [6.07, 6.45) is -0.746. The molecule has 8 nitrogen and oxygen atoms in total. The van der Waals surface area contributed by atoms with Crippen LogP contribution < -0.4 is 10.9 Å². The summed E-state index contributed by atoms with van der Waals surface area (Å²) in [4.78, 5) is 34.9. The van der Waals surface area contributed by atoms with Gasteiger partial charge in [-0.05, 0) is 45.1 Å². The Kier molecular flexibility index (Phi) is 7.15. The lowest BCUT2D eigenvalue weighted by Gasteiger charge is -2.32. The smallest absolute Gasteiger partial charge is 0.388 e. The highest BCUT2D eigenvalue weighted by Gasteiger charge is 2.43. The van der Waals surface area contributed by atoms with Gasteiger partial charge in [0, 0.05) is 30.7 Å². The molecule has 37 heavy (non-hydrogen) atoms. The molecule has 1 saturated heterocycles. The number of amides is 1. The second-order valence-electron chi connectivity index (χ2n) is 11.2. The molecule has 1 aliphatic heterocycles. The van der Waals surface area contributed by atoms with E-state index in [0.717, 1.165) is 11.3 Å². The number of piperidine rings is 1. The van der Waals surface area contributed by atoms with E-state index in [-0.39, 0.29) is 30.6 Å². The van der Waals surface area contributed by atoms with Crippen molar-refractivity contribution >= 4 is 31.0 Å². The molecule has 2 aliphatic rings. The van der Waals surface area contributed by atoms with Gasteiger partial charge in [-0.2, -0.15) is 18.2 Å². The molecule has 0 bridgehead atoms. The molecule has 0 spiro atoms. The number of anilines is 1. The molecule has 2 atom stereocenters. The van der Waals surface area contributed by atoms with Crippen LogP contribution in [0.4, 0.5) is 19.1 Å². The number of fused-ring (bicyclic) bond motifs is 1. The fourth-order valence-electron chi connectivity index (χ4n) is 4.95. The maximum Gasteiger partial charge on any atom is 0.471 e. The Morgan fingerprint density at radius 1 is 1.24 bits per heavy atom. The van der Waals surface area contributed by atoms with Gasteiger partial charge in [0.2, 0.25) is 5.95 Å². The third kappa shape index (κ3) is 5.99. The number of rotatable bonds is 3. The first-order valence-electron chi connectivity index (χ1n) is 12.5. The number of alkyl halides is 3. The van der Waals surface area contributed by atoms with Crippen LogP contribution in [0.25, 0.3) is 11.0 Å². The zero-order valence-corrected chi connectivity index (χ0v) is 22.4. The molecule has 2 aromatic rings. The molecular formula is C25H32F3N5O3Si. The molecule has 3 heterocycles. The molecule has 2 fully saturated rings. The first kappa shape index (κ1) is 27.1. The number of nitrogens with zero attached hydrogens (tertiary/aromatic N) is 4. The van der Waals surface area contributed by atoms with Crippen molar-refractivity contribution in [3.05, 3.63) is 28.2 Å². The Morgan fingerprint density at radius 2 is 1.92 bits per heavy atom. The number of carbonyl (C=O) groups is 1. The number of hydrogen-bond donors (Lipinski definition) is 2. The maximum atomic E-state index is 13.6. The van der Waals surface area contributed by atoms with E-state index in [1.165, 1.54) is 4.57 Å². The van der Waals surface area contributed by atoms with Crippen LogP contribution in [0.15, 0.2) is 17.1 Å². The van der Waals surface area contributed by atoms with Gasteiger partial charge in [-0.25, -0.2) is 4.98 Å². The van der Waals surface area contributed by atoms with Crippen molar-refractivity contribution in [3.8, 4) is 11.5 Å². The lowest BCUT2D eigenvalue weighted by Crippen LogP contribution is -2.47. The summed E-state index contributed by atoms with van der Waals surface area (Å²) in [7, 11) is -1.75. The fraction of sp³-hybridized carbons (Fsp3) is 0.600. The zero-order chi connectivity index (χ0) is 27.2. The first-order valence-corrected chi connectivity index (χ1v) is 16.0. The largest absolute Gasteiger partial charge is 0.471 e. The summed E-state index contributed by atoms with van der Waals surface area (Å²) in [6, 6.07) is 0.970. The van der Waals surface area contributed by atoms with E-state index in [1.54, 1.807) is 19.2 Å². The van der Waals surface area contributed by atoms with E-state index in [9.17, 15) is 27.9 Å². The molecule has 0 radical (unpaired) electrons. The number of pyridine rings is 1. The minimum absolute atomic E-state index is 0.0294. The number of aliphatic hydroxyl groups is 1. The highest BCUT2D eigenvalue weighted by Crippen LogP contribution is 2.39. The fourth-order valence-corrected chi connectivity index (χ4v) is 5.46. The summed E-state index contributed by atoms with van der Waals surface area (Å²) < 4.78 is 39.7. The summed E-state index contributed by atoms with van der Waals surface area (Å²) in [6.45, 7) is 7.93. The SMILES string of the molecule is C[C@@]1(O)CCC[C@H]1n1c(=O)c(C#C[Si](C)(C)C)cc2cnc(NC3CCN(C(=O)C(F)(F)F)CC3)nc21. The van der Waals surface area contributed by atoms with Crippen molar-refractivity contribution in [3.63, 3.8) is 0 Å². The predicted octanol–water partition coefficient (Wildman–Crippen LogP) is 3.46. The Bertz CT molecular complexity index is 1320. The number of halogens is 3. The standard InChI is InChI=1S/C25H32F3N5O3Si/c1-24(36)10-5-6-19(24)33-20-17(14-16(21(33)34)9-13-37(2,3)4)15-29-23(31-20)30-18-7-11-32(12-8-18)22(35)25(26,27)28/h14-15,18-19,36H,5-8,10-12H2,1-4H3,(H,29,30,31)/t19-,24-/m1/s1. The van der Waals surface area contributed by atoms with Crippen LogP contribution in [-0.2, 0) is 4.79 Å². The minimum Gasteiger partial charge on any atom is -0.388 e. The predicted molar refractivity (Wildman–Crippen MR) is 137 cm³/mol. The summed E-state index contributed by atoms with van der Waals surface area (Å²) in [5, 5.41) is 14.8. The molecule has 1 aliphatic carbocycles. The van der Waals surface area contributed by atoms with Crippen LogP contribution in [-0.4, -0.2) is 69.4 Å². The van der Waals surface area contributed by atoms with Crippen LogP contribution in [0.3, 0.4) is 0 Å². The van der Waals surface area contributed by atoms with E-state index in [0.29, 0.717) is 42.3 Å². The molecule has 0 unspecified atom stereocenters. The highest BCUT2D eigenvalue weighted by atomic mass is 28.3. The Morgan fingerprint density at radius 3 is 2.49 bits per heavy atom. The molecule has 1 saturated carbocycles. The van der Waals surface area contributed by atoms with Crippen LogP contribution in [0.2, 0.25) is 19.6 Å². The number of hydrogen-bond acceptors (Lipinski definition) is 6. The van der Waals surface area contributed by atoms with Gasteiger partial charge in [0.15, 0.2) is 0 Å². The van der Waals surface area contributed by atoms with Crippen molar-refractivity contribution in [2.45, 2.75) is 82.5 Å². The molecule has 2 aromatic heterocycles. The Hall–Kier alpha value is -2.91. The van der Waals surface area contributed by atoms with Crippen LogP contribution >= 0.6 is 0 Å². The summed E-state index contributed by atoms with van der Waals surface area (Å²) >= 11 is 0. The number of aromatic nitrogens is 3. The molecule has 4 rings (SSSR count). The van der Waals surface area contributed by atoms with E-state index in [4.69, 9.17) is 0 Å². The average molecular weight is 536 g/mol. The number of likely N-dealkylation sites (tertiary alicyclic amines) is 1. The van der Waals surface area contributed by atoms with Gasteiger partial charge < -0.3 is 15.3 Å². The lowest BCUT2D eigenvalue weighted by atomic mass is 9.99. The summed E-state index contributed by atoms with van der Waals surface area (Å²) in [5.74, 6) is 1.46. The quantitative estimate of drug-likeness (QED) is 0.461. The number of nitrogens with one attached hydrogen (secondary N) is 1. The lowest BCUT2D eigenvalue weighted by molar-refractivity contribution is -0.186. The third-order valence-corrected chi connectivity index (χ3v) is 7.77. The molecule has 12 heteroatoms. The van der Waals surface area contributed by atoms with Crippen molar-refractivity contribution in [2.75, 3.05) is 18.4 Å². The van der Waals surface area contributed by atoms with E-state index < -0.39 is 31.8 Å². The second-order valence-corrected chi connectivity index (χ2v) is 15.9. The Labute approximate surface area is 214 Å². The molecule has 2 N–H and O–H groups in total. The average Bonchev–Trinajstić information content (AvgIpc) is 3.15.